The highest BCUT2D eigenvalue weighted by Gasteiger charge is 2.11. The molecule has 0 saturated heterocycles. The molecule has 19 heavy (non-hydrogen) atoms. The van der Waals surface area contributed by atoms with Crippen molar-refractivity contribution >= 4 is 5.78 Å². The number of aliphatic hydroxyl groups excluding tert-OH is 2. The monoisotopic (exact) mass is 267 g/mol. The second-order valence-corrected chi connectivity index (χ2v) is 4.10. The van der Waals surface area contributed by atoms with Crippen molar-refractivity contribution in [1.29, 1.82) is 0 Å². The lowest BCUT2D eigenvalue weighted by Crippen LogP contribution is -2.34. The van der Waals surface area contributed by atoms with Crippen LogP contribution in [0.5, 0.6) is 5.75 Å². The molecule has 106 valence electrons. The second-order valence-electron chi connectivity index (χ2n) is 4.10. The van der Waals surface area contributed by atoms with E-state index >= 15 is 0 Å². The minimum atomic E-state index is -0.0371. The third-order valence-electron chi connectivity index (χ3n) is 2.69. The summed E-state index contributed by atoms with van der Waals surface area (Å²) in [6.07, 6.45) is 0. The zero-order valence-corrected chi connectivity index (χ0v) is 11.2. The molecule has 5 nitrogen and oxygen atoms in total. The van der Waals surface area contributed by atoms with Gasteiger partial charge in [-0.1, -0.05) is 0 Å². The van der Waals surface area contributed by atoms with Gasteiger partial charge in [0.05, 0.1) is 26.4 Å². The predicted octanol–water partition coefficient (Wildman–Crippen LogP) is 0.555. The van der Waals surface area contributed by atoms with Gasteiger partial charge in [-0.3, -0.25) is 9.69 Å². The van der Waals surface area contributed by atoms with E-state index in [9.17, 15) is 4.79 Å². The third kappa shape index (κ3) is 5.38. The van der Waals surface area contributed by atoms with Crippen LogP contribution >= 0.6 is 0 Å². The highest BCUT2D eigenvalue weighted by Crippen LogP contribution is 2.12. The minimum Gasteiger partial charge on any atom is -0.494 e. The molecule has 0 aliphatic rings. The number of benzene rings is 1. The van der Waals surface area contributed by atoms with E-state index in [0.29, 0.717) is 25.3 Å². The first kappa shape index (κ1) is 15.6. The molecule has 0 radical (unpaired) electrons. The van der Waals surface area contributed by atoms with Crippen LogP contribution < -0.4 is 4.74 Å². The van der Waals surface area contributed by atoms with Crippen molar-refractivity contribution < 1.29 is 19.7 Å². The van der Waals surface area contributed by atoms with E-state index in [1.165, 1.54) is 0 Å². The average Bonchev–Trinajstić information content (AvgIpc) is 2.40. The van der Waals surface area contributed by atoms with Gasteiger partial charge < -0.3 is 14.9 Å². The van der Waals surface area contributed by atoms with Crippen molar-refractivity contribution in [3.05, 3.63) is 29.8 Å². The fourth-order valence-electron chi connectivity index (χ4n) is 1.75. The lowest BCUT2D eigenvalue weighted by Gasteiger charge is -2.19. The van der Waals surface area contributed by atoms with E-state index in [1.807, 2.05) is 6.92 Å². The summed E-state index contributed by atoms with van der Waals surface area (Å²) in [6, 6.07) is 6.98. The quantitative estimate of drug-likeness (QED) is 0.640. The van der Waals surface area contributed by atoms with Gasteiger partial charge in [-0.05, 0) is 31.2 Å². The van der Waals surface area contributed by atoms with Gasteiger partial charge in [0, 0.05) is 18.7 Å². The number of ketones is 1. The highest BCUT2D eigenvalue weighted by molar-refractivity contribution is 5.97. The van der Waals surface area contributed by atoms with Crippen molar-refractivity contribution in [2.75, 3.05) is 39.5 Å². The maximum Gasteiger partial charge on any atom is 0.176 e. The molecule has 0 heterocycles. The Hall–Kier alpha value is -1.43. The summed E-state index contributed by atoms with van der Waals surface area (Å²) in [4.78, 5) is 13.7. The van der Waals surface area contributed by atoms with Crippen LogP contribution in [-0.4, -0.2) is 60.4 Å². The molecular weight excluding hydrogens is 246 g/mol. The maximum atomic E-state index is 12.0. The van der Waals surface area contributed by atoms with Gasteiger partial charge in [-0.15, -0.1) is 0 Å². The molecule has 0 bridgehead atoms. The Kier molecular flexibility index (Phi) is 7.10. The summed E-state index contributed by atoms with van der Waals surface area (Å²) < 4.78 is 5.31. The van der Waals surface area contributed by atoms with Gasteiger partial charge in [-0.2, -0.15) is 0 Å². The van der Waals surface area contributed by atoms with E-state index in [-0.39, 0.29) is 25.5 Å². The largest absolute Gasteiger partial charge is 0.494 e. The Balaban J connectivity index is 2.60. The third-order valence-corrected chi connectivity index (χ3v) is 2.69. The zero-order valence-electron chi connectivity index (χ0n) is 11.2. The number of rotatable bonds is 9. The first-order valence-electron chi connectivity index (χ1n) is 6.41. The zero-order chi connectivity index (χ0) is 14.1. The van der Waals surface area contributed by atoms with E-state index < -0.39 is 0 Å². The Morgan fingerprint density at radius 1 is 1.16 bits per heavy atom. The van der Waals surface area contributed by atoms with Crippen LogP contribution in [-0.2, 0) is 0 Å². The SMILES string of the molecule is CCOc1ccc(C(=O)CN(CCO)CCO)cc1. The van der Waals surface area contributed by atoms with Crippen LogP contribution in [0.25, 0.3) is 0 Å². The van der Waals surface area contributed by atoms with Crippen molar-refractivity contribution in [2.45, 2.75) is 6.92 Å². The molecular formula is C14H21NO4. The molecule has 0 saturated carbocycles. The van der Waals surface area contributed by atoms with Crippen LogP contribution in [0, 0.1) is 0 Å². The van der Waals surface area contributed by atoms with Crippen LogP contribution in [0.4, 0.5) is 0 Å². The summed E-state index contributed by atoms with van der Waals surface area (Å²) in [7, 11) is 0. The molecule has 0 aliphatic carbocycles. The molecule has 0 aromatic heterocycles. The Labute approximate surface area is 113 Å². The molecule has 1 aromatic rings. The van der Waals surface area contributed by atoms with Gasteiger partial charge in [0.25, 0.3) is 0 Å². The fourth-order valence-corrected chi connectivity index (χ4v) is 1.75. The molecule has 5 heteroatoms. The van der Waals surface area contributed by atoms with E-state index in [4.69, 9.17) is 14.9 Å². The maximum absolute atomic E-state index is 12.0. The fraction of sp³-hybridized carbons (Fsp3) is 0.500. The number of aliphatic hydroxyl groups is 2. The van der Waals surface area contributed by atoms with Gasteiger partial charge >= 0.3 is 0 Å². The summed E-state index contributed by atoms with van der Waals surface area (Å²) in [5.41, 5.74) is 0.601. The van der Waals surface area contributed by atoms with Crippen LogP contribution in [0.1, 0.15) is 17.3 Å². The van der Waals surface area contributed by atoms with Crippen LogP contribution in [0.15, 0.2) is 24.3 Å². The smallest absolute Gasteiger partial charge is 0.176 e. The van der Waals surface area contributed by atoms with Crippen molar-refractivity contribution in [3.8, 4) is 5.75 Å². The van der Waals surface area contributed by atoms with Gasteiger partial charge in [0.15, 0.2) is 5.78 Å². The van der Waals surface area contributed by atoms with E-state index in [2.05, 4.69) is 0 Å². The lowest BCUT2D eigenvalue weighted by atomic mass is 10.1. The topological polar surface area (TPSA) is 70.0 Å². The molecule has 0 fully saturated rings. The normalized spacial score (nSPS) is 10.7. The summed E-state index contributed by atoms with van der Waals surface area (Å²) in [6.45, 7) is 3.38. The number of hydrogen-bond acceptors (Lipinski definition) is 5. The number of ether oxygens (including phenoxy) is 1. The number of Topliss-reactive ketones (excluding diaryl/α,β-unsaturated/α-hetero) is 1. The summed E-state index contributed by atoms with van der Waals surface area (Å²) >= 11 is 0. The van der Waals surface area contributed by atoms with Gasteiger partial charge in [0.1, 0.15) is 5.75 Å². The molecule has 0 aliphatic heterocycles. The molecule has 0 atom stereocenters. The average molecular weight is 267 g/mol. The van der Waals surface area contributed by atoms with Crippen molar-refractivity contribution in [1.82, 2.24) is 4.90 Å². The van der Waals surface area contributed by atoms with Crippen molar-refractivity contribution in [3.63, 3.8) is 0 Å². The van der Waals surface area contributed by atoms with Crippen molar-refractivity contribution in [2.24, 2.45) is 0 Å². The standard InChI is InChI=1S/C14H21NO4/c1-2-19-13-5-3-12(4-6-13)14(18)11-15(7-9-16)8-10-17/h3-6,16-17H,2,7-11H2,1H3. The minimum absolute atomic E-state index is 0.0312. The van der Waals surface area contributed by atoms with E-state index in [0.717, 1.165) is 5.75 Å². The number of carbonyl (C=O) groups is 1. The Morgan fingerprint density at radius 2 is 1.74 bits per heavy atom. The Morgan fingerprint density at radius 3 is 2.21 bits per heavy atom. The Bertz CT molecular complexity index is 372. The van der Waals surface area contributed by atoms with E-state index in [1.54, 1.807) is 29.2 Å². The van der Waals surface area contributed by atoms with Gasteiger partial charge in [-0.25, -0.2) is 0 Å². The van der Waals surface area contributed by atoms with Gasteiger partial charge in [0.2, 0.25) is 0 Å². The number of carbonyl (C=O) groups excluding carboxylic acids is 1. The highest BCUT2D eigenvalue weighted by atomic mass is 16.5. The molecule has 0 spiro atoms. The molecule has 0 unspecified atom stereocenters. The molecule has 2 N–H and O–H groups in total. The van der Waals surface area contributed by atoms with Crippen LogP contribution in [0.3, 0.4) is 0 Å². The molecule has 1 rings (SSSR count). The second kappa shape index (κ2) is 8.63. The summed E-state index contributed by atoms with van der Waals surface area (Å²) in [5, 5.41) is 17.8. The number of hydrogen-bond donors (Lipinski definition) is 2. The van der Waals surface area contributed by atoms with Crippen LogP contribution in [0.2, 0.25) is 0 Å². The predicted molar refractivity (Wildman–Crippen MR) is 72.6 cm³/mol. The lowest BCUT2D eigenvalue weighted by molar-refractivity contribution is 0.0894. The summed E-state index contributed by atoms with van der Waals surface area (Å²) in [5.74, 6) is 0.701. The first-order valence-corrected chi connectivity index (χ1v) is 6.41. The first-order chi connectivity index (χ1) is 9.21. The molecule has 0 amide bonds. The molecule has 1 aromatic carbocycles. The number of nitrogens with zero attached hydrogens (tertiary/aromatic N) is 1.